The molecular formula is C19H18F3N5O2S. The van der Waals surface area contributed by atoms with Crippen LogP contribution in [0.2, 0.25) is 0 Å². The third-order valence-electron chi connectivity index (χ3n) is 4.33. The minimum atomic E-state index is -4.49. The number of para-hydroxylation sites is 1. The van der Waals surface area contributed by atoms with Crippen molar-refractivity contribution < 1.29 is 18.1 Å². The van der Waals surface area contributed by atoms with E-state index in [2.05, 4.69) is 10.1 Å². The number of aromatic amines is 1. The first-order valence-corrected chi connectivity index (χ1v) is 9.28. The van der Waals surface area contributed by atoms with Crippen LogP contribution in [-0.4, -0.2) is 37.3 Å². The molecule has 1 heterocycles. The molecule has 0 atom stereocenters. The van der Waals surface area contributed by atoms with Crippen molar-refractivity contribution >= 4 is 17.9 Å². The largest absolute Gasteiger partial charge is 0.401 e. The Morgan fingerprint density at radius 2 is 1.87 bits per heavy atom. The van der Waals surface area contributed by atoms with Crippen molar-refractivity contribution in [2.24, 2.45) is 0 Å². The molecule has 0 spiro atoms. The van der Waals surface area contributed by atoms with E-state index in [1.54, 1.807) is 6.07 Å². The fourth-order valence-corrected chi connectivity index (χ4v) is 3.16. The van der Waals surface area contributed by atoms with Crippen LogP contribution < -0.4 is 0 Å². The van der Waals surface area contributed by atoms with E-state index in [0.717, 1.165) is 16.0 Å². The summed E-state index contributed by atoms with van der Waals surface area (Å²) in [5.74, 6) is 0.428. The number of hydrogen-bond acceptors (Lipinski definition) is 5. The van der Waals surface area contributed by atoms with Gasteiger partial charge in [0.2, 0.25) is 4.77 Å². The summed E-state index contributed by atoms with van der Waals surface area (Å²) in [6, 6.07) is 13.1. The topological polar surface area (TPSA) is 80.0 Å². The lowest BCUT2D eigenvalue weighted by Gasteiger charge is -2.23. The van der Waals surface area contributed by atoms with Gasteiger partial charge in [0.15, 0.2) is 5.82 Å². The van der Waals surface area contributed by atoms with Crippen molar-refractivity contribution in [1.82, 2.24) is 19.7 Å². The van der Waals surface area contributed by atoms with Gasteiger partial charge in [-0.3, -0.25) is 20.1 Å². The van der Waals surface area contributed by atoms with E-state index in [1.165, 1.54) is 22.9 Å². The molecule has 0 aliphatic heterocycles. The fourth-order valence-electron chi connectivity index (χ4n) is 2.97. The maximum Gasteiger partial charge on any atom is 0.401 e. The number of nitro benzene ring substituents is 1. The maximum absolute atomic E-state index is 13.1. The predicted molar refractivity (Wildman–Crippen MR) is 107 cm³/mol. The number of nitrogens with zero attached hydrogens (tertiary/aromatic N) is 4. The molecule has 0 radical (unpaired) electrons. The van der Waals surface area contributed by atoms with Crippen molar-refractivity contribution in [2.75, 3.05) is 6.54 Å². The number of hydrogen-bond donors (Lipinski definition) is 1. The van der Waals surface area contributed by atoms with Crippen molar-refractivity contribution in [3.05, 3.63) is 74.5 Å². The highest BCUT2D eigenvalue weighted by molar-refractivity contribution is 7.71. The third kappa shape index (κ3) is 5.51. The smallest absolute Gasteiger partial charge is 0.278 e. The Hall–Kier alpha value is -3.05. The molecule has 0 bridgehead atoms. The lowest BCUT2D eigenvalue weighted by Crippen LogP contribution is -2.35. The van der Waals surface area contributed by atoms with Crippen LogP contribution in [0.5, 0.6) is 0 Å². The lowest BCUT2D eigenvalue weighted by atomic mass is 10.1. The van der Waals surface area contributed by atoms with Crippen LogP contribution in [0, 0.1) is 21.8 Å². The Morgan fingerprint density at radius 3 is 2.50 bits per heavy atom. The molecule has 0 fully saturated rings. The molecule has 3 rings (SSSR count). The molecule has 0 saturated carbocycles. The Bertz CT molecular complexity index is 1090. The van der Waals surface area contributed by atoms with Gasteiger partial charge in [-0.2, -0.15) is 18.2 Å². The number of nitro groups is 1. The number of rotatable bonds is 7. The van der Waals surface area contributed by atoms with Crippen LogP contribution in [0.4, 0.5) is 18.9 Å². The van der Waals surface area contributed by atoms with Gasteiger partial charge in [0, 0.05) is 23.7 Å². The van der Waals surface area contributed by atoms with Crippen LogP contribution in [0.3, 0.4) is 0 Å². The van der Waals surface area contributed by atoms with Crippen LogP contribution >= 0.6 is 12.2 Å². The van der Waals surface area contributed by atoms with Crippen LogP contribution in [0.15, 0.2) is 48.5 Å². The average Bonchev–Trinajstić information content (AvgIpc) is 3.01. The molecule has 0 unspecified atom stereocenters. The zero-order valence-electron chi connectivity index (χ0n) is 15.9. The van der Waals surface area contributed by atoms with Crippen LogP contribution in [-0.2, 0) is 13.2 Å². The summed E-state index contributed by atoms with van der Waals surface area (Å²) in [5.41, 5.74) is 1.74. The zero-order chi connectivity index (χ0) is 21.9. The zero-order valence-corrected chi connectivity index (χ0v) is 16.7. The molecule has 1 N–H and O–H groups in total. The van der Waals surface area contributed by atoms with Gasteiger partial charge >= 0.3 is 6.18 Å². The molecule has 0 saturated heterocycles. The average molecular weight is 437 g/mol. The summed E-state index contributed by atoms with van der Waals surface area (Å²) in [7, 11) is 0. The molecule has 158 valence electrons. The first kappa shape index (κ1) is 21.7. The van der Waals surface area contributed by atoms with E-state index in [9.17, 15) is 23.3 Å². The molecule has 0 aliphatic rings. The second-order valence-electron chi connectivity index (χ2n) is 6.78. The van der Waals surface area contributed by atoms with Gasteiger partial charge in [-0.25, -0.2) is 4.68 Å². The summed E-state index contributed by atoms with van der Waals surface area (Å²) in [6.45, 7) is 0.128. The van der Waals surface area contributed by atoms with Gasteiger partial charge in [-0.1, -0.05) is 48.0 Å². The first-order chi connectivity index (χ1) is 14.1. The summed E-state index contributed by atoms with van der Waals surface area (Å²) in [5, 5.41) is 14.1. The van der Waals surface area contributed by atoms with Gasteiger partial charge in [0.1, 0.15) is 0 Å². The van der Waals surface area contributed by atoms with E-state index in [1.807, 2.05) is 31.2 Å². The number of benzene rings is 2. The lowest BCUT2D eigenvalue weighted by molar-refractivity contribution is -0.385. The monoisotopic (exact) mass is 437 g/mol. The van der Waals surface area contributed by atoms with E-state index < -0.39 is 17.6 Å². The minimum Gasteiger partial charge on any atom is -0.278 e. The minimum absolute atomic E-state index is 0.0836. The number of alkyl halides is 3. The Kier molecular flexibility index (Phi) is 6.32. The SMILES string of the molecule is Cc1ccc(-c2nc(=S)n(CN(Cc3ccccc3[N+](=O)[O-])CC(F)(F)F)[nH]2)cc1. The number of aryl methyl sites for hydroxylation is 1. The quantitative estimate of drug-likeness (QED) is 0.325. The number of halogens is 3. The van der Waals surface area contributed by atoms with E-state index in [-0.39, 0.29) is 29.2 Å². The molecule has 11 heteroatoms. The molecule has 1 aromatic heterocycles. The van der Waals surface area contributed by atoms with Crippen LogP contribution in [0.25, 0.3) is 11.4 Å². The molecule has 30 heavy (non-hydrogen) atoms. The second kappa shape index (κ2) is 8.76. The Balaban J connectivity index is 1.88. The van der Waals surface area contributed by atoms with Gasteiger partial charge in [-0.15, -0.1) is 0 Å². The van der Waals surface area contributed by atoms with Gasteiger partial charge in [0.25, 0.3) is 5.69 Å². The first-order valence-electron chi connectivity index (χ1n) is 8.87. The molecule has 0 aliphatic carbocycles. The van der Waals surface area contributed by atoms with Crippen molar-refractivity contribution in [1.29, 1.82) is 0 Å². The Morgan fingerprint density at radius 1 is 1.20 bits per heavy atom. The summed E-state index contributed by atoms with van der Waals surface area (Å²) in [4.78, 5) is 15.8. The predicted octanol–water partition coefficient (Wildman–Crippen LogP) is 4.85. The standard InChI is InChI=1S/C19H18F3N5O2S/c1-13-6-8-14(9-7-13)17-23-18(30)26(24-17)12-25(11-19(20,21)22)10-15-4-2-3-5-16(15)27(28)29/h2-9H,10-12H2,1H3,(H,23,24,30). The fraction of sp³-hybridized carbons (Fsp3) is 0.263. The summed E-state index contributed by atoms with van der Waals surface area (Å²) >= 11 is 5.19. The molecule has 2 aromatic carbocycles. The normalized spacial score (nSPS) is 11.8. The summed E-state index contributed by atoms with van der Waals surface area (Å²) < 4.78 is 40.8. The number of H-pyrrole nitrogens is 1. The number of aromatic nitrogens is 3. The van der Waals surface area contributed by atoms with Gasteiger partial charge in [0.05, 0.1) is 18.1 Å². The van der Waals surface area contributed by atoms with Crippen LogP contribution in [0.1, 0.15) is 11.1 Å². The number of nitrogens with one attached hydrogen (secondary N) is 1. The van der Waals surface area contributed by atoms with E-state index in [0.29, 0.717) is 5.82 Å². The summed E-state index contributed by atoms with van der Waals surface area (Å²) in [6.07, 6.45) is -4.49. The van der Waals surface area contributed by atoms with E-state index >= 15 is 0 Å². The Labute approximate surface area is 174 Å². The molecule has 3 aromatic rings. The van der Waals surface area contributed by atoms with Crippen molar-refractivity contribution in [2.45, 2.75) is 26.3 Å². The third-order valence-corrected chi connectivity index (χ3v) is 4.64. The second-order valence-corrected chi connectivity index (χ2v) is 7.14. The molecule has 0 amide bonds. The highest BCUT2D eigenvalue weighted by Gasteiger charge is 2.32. The van der Waals surface area contributed by atoms with Crippen molar-refractivity contribution in [3.63, 3.8) is 0 Å². The highest BCUT2D eigenvalue weighted by Crippen LogP contribution is 2.24. The van der Waals surface area contributed by atoms with Gasteiger partial charge < -0.3 is 0 Å². The van der Waals surface area contributed by atoms with E-state index in [4.69, 9.17) is 12.2 Å². The highest BCUT2D eigenvalue weighted by atomic mass is 32.1. The van der Waals surface area contributed by atoms with Gasteiger partial charge in [-0.05, 0) is 19.1 Å². The maximum atomic E-state index is 13.1. The van der Waals surface area contributed by atoms with Crippen molar-refractivity contribution in [3.8, 4) is 11.4 Å². The molecule has 7 nitrogen and oxygen atoms in total. The molecular weight excluding hydrogens is 419 g/mol.